The Hall–Kier alpha value is -1.49. The number of benzene rings is 1. The monoisotopic (exact) mass is 293 g/mol. The highest BCUT2D eigenvalue weighted by molar-refractivity contribution is 7.98. The lowest BCUT2D eigenvalue weighted by Crippen LogP contribution is -2.45. The molecule has 0 spiro atoms. The van der Waals surface area contributed by atoms with Crippen LogP contribution < -0.4 is 5.32 Å². The molecule has 1 aromatic carbocycles. The molecule has 2 rings (SSSR count). The first kappa shape index (κ1) is 14.9. The van der Waals surface area contributed by atoms with E-state index in [0.29, 0.717) is 12.0 Å². The van der Waals surface area contributed by atoms with E-state index in [4.69, 9.17) is 0 Å². The summed E-state index contributed by atoms with van der Waals surface area (Å²) in [5.41, 5.74) is 0.581. The molecule has 1 aliphatic rings. The van der Waals surface area contributed by atoms with Gasteiger partial charge >= 0.3 is 5.97 Å². The van der Waals surface area contributed by atoms with Crippen LogP contribution in [0.15, 0.2) is 29.2 Å². The smallest absolute Gasteiger partial charge is 0.308 e. The van der Waals surface area contributed by atoms with Crippen LogP contribution in [-0.4, -0.2) is 29.3 Å². The quantitative estimate of drug-likeness (QED) is 0.838. The fourth-order valence-electron chi connectivity index (χ4n) is 2.59. The van der Waals surface area contributed by atoms with Crippen molar-refractivity contribution in [2.45, 2.75) is 36.6 Å². The maximum Gasteiger partial charge on any atom is 0.308 e. The highest BCUT2D eigenvalue weighted by Gasteiger charge is 2.31. The molecule has 1 fully saturated rings. The molecule has 0 radical (unpaired) electrons. The zero-order chi connectivity index (χ0) is 14.5. The van der Waals surface area contributed by atoms with Gasteiger partial charge in [0.15, 0.2) is 0 Å². The summed E-state index contributed by atoms with van der Waals surface area (Å²) in [6.07, 6.45) is 5.26. The van der Waals surface area contributed by atoms with Gasteiger partial charge in [0.25, 0.3) is 5.91 Å². The number of carboxylic acid groups (broad SMARTS) is 1. The van der Waals surface area contributed by atoms with E-state index in [0.717, 1.165) is 24.2 Å². The average molecular weight is 293 g/mol. The zero-order valence-corrected chi connectivity index (χ0v) is 12.3. The van der Waals surface area contributed by atoms with Crippen LogP contribution in [0.25, 0.3) is 0 Å². The second-order valence-electron chi connectivity index (χ2n) is 5.04. The zero-order valence-electron chi connectivity index (χ0n) is 11.5. The molecule has 0 heterocycles. The SMILES string of the molecule is CSc1ccc(C(=O)NC2CCCCC2C(=O)O)cc1. The van der Waals surface area contributed by atoms with Crippen molar-refractivity contribution in [1.29, 1.82) is 0 Å². The number of hydrogen-bond donors (Lipinski definition) is 2. The molecule has 4 nitrogen and oxygen atoms in total. The predicted octanol–water partition coefficient (Wildman–Crippen LogP) is 2.78. The first-order valence-electron chi connectivity index (χ1n) is 6.79. The molecule has 0 saturated heterocycles. The normalized spacial score (nSPS) is 22.2. The molecule has 0 aliphatic heterocycles. The van der Waals surface area contributed by atoms with Crippen LogP contribution in [0.2, 0.25) is 0 Å². The summed E-state index contributed by atoms with van der Waals surface area (Å²) in [5.74, 6) is -1.46. The molecule has 5 heteroatoms. The Balaban J connectivity index is 2.03. The van der Waals surface area contributed by atoms with Crippen LogP contribution in [0.5, 0.6) is 0 Å². The van der Waals surface area contributed by atoms with Gasteiger partial charge in [0.1, 0.15) is 0 Å². The predicted molar refractivity (Wildman–Crippen MR) is 79.1 cm³/mol. The third kappa shape index (κ3) is 3.54. The molecule has 1 aliphatic carbocycles. The minimum Gasteiger partial charge on any atom is -0.481 e. The Morgan fingerprint density at radius 3 is 2.45 bits per heavy atom. The van der Waals surface area contributed by atoms with E-state index >= 15 is 0 Å². The third-order valence-corrected chi connectivity index (χ3v) is 4.50. The van der Waals surface area contributed by atoms with Crippen molar-refractivity contribution in [2.24, 2.45) is 5.92 Å². The number of aliphatic carboxylic acids is 1. The van der Waals surface area contributed by atoms with Gasteiger partial charge in [0.2, 0.25) is 0 Å². The van der Waals surface area contributed by atoms with Gasteiger partial charge in [-0.25, -0.2) is 0 Å². The Kier molecular flexibility index (Phi) is 5.06. The summed E-state index contributed by atoms with van der Waals surface area (Å²) in [7, 11) is 0. The van der Waals surface area contributed by atoms with Gasteiger partial charge in [-0.2, -0.15) is 0 Å². The minimum atomic E-state index is -0.812. The van der Waals surface area contributed by atoms with Crippen LogP contribution in [0.1, 0.15) is 36.0 Å². The summed E-state index contributed by atoms with van der Waals surface area (Å²) in [6.45, 7) is 0. The van der Waals surface area contributed by atoms with E-state index in [-0.39, 0.29) is 11.9 Å². The number of carbonyl (C=O) groups excluding carboxylic acids is 1. The molecule has 20 heavy (non-hydrogen) atoms. The molecular formula is C15H19NO3S. The second-order valence-corrected chi connectivity index (χ2v) is 5.92. The third-order valence-electron chi connectivity index (χ3n) is 3.75. The average Bonchev–Trinajstić information content (AvgIpc) is 2.47. The lowest BCUT2D eigenvalue weighted by Gasteiger charge is -2.29. The first-order chi connectivity index (χ1) is 9.61. The number of carbonyl (C=O) groups is 2. The van der Waals surface area contributed by atoms with Crippen LogP contribution in [-0.2, 0) is 4.79 Å². The maximum absolute atomic E-state index is 12.2. The minimum absolute atomic E-state index is 0.184. The van der Waals surface area contributed by atoms with Crippen molar-refractivity contribution >= 4 is 23.6 Å². The summed E-state index contributed by atoms with van der Waals surface area (Å²) < 4.78 is 0. The van der Waals surface area contributed by atoms with Crippen LogP contribution in [0.4, 0.5) is 0 Å². The van der Waals surface area contributed by atoms with Crippen molar-refractivity contribution in [1.82, 2.24) is 5.32 Å². The highest BCUT2D eigenvalue weighted by atomic mass is 32.2. The number of rotatable bonds is 4. The van der Waals surface area contributed by atoms with Crippen molar-refractivity contribution < 1.29 is 14.7 Å². The van der Waals surface area contributed by atoms with Gasteiger partial charge in [0, 0.05) is 16.5 Å². The Bertz CT molecular complexity index is 486. The Labute approximate surface area is 123 Å². The molecule has 2 atom stereocenters. The van der Waals surface area contributed by atoms with E-state index in [1.807, 2.05) is 18.4 Å². The van der Waals surface area contributed by atoms with Crippen molar-refractivity contribution in [2.75, 3.05) is 6.26 Å². The van der Waals surface area contributed by atoms with Gasteiger partial charge in [-0.05, 0) is 43.4 Å². The molecule has 2 N–H and O–H groups in total. The molecule has 2 unspecified atom stereocenters. The largest absolute Gasteiger partial charge is 0.481 e. The van der Waals surface area contributed by atoms with Crippen molar-refractivity contribution in [3.05, 3.63) is 29.8 Å². The molecule has 0 aromatic heterocycles. The summed E-state index contributed by atoms with van der Waals surface area (Å²) in [5, 5.41) is 12.1. The Morgan fingerprint density at radius 1 is 1.20 bits per heavy atom. The summed E-state index contributed by atoms with van der Waals surface area (Å²) in [6, 6.07) is 7.10. The molecule has 108 valence electrons. The summed E-state index contributed by atoms with van der Waals surface area (Å²) in [4.78, 5) is 24.5. The molecule has 1 saturated carbocycles. The van der Waals surface area contributed by atoms with E-state index in [9.17, 15) is 14.7 Å². The molecule has 0 bridgehead atoms. The summed E-state index contributed by atoms with van der Waals surface area (Å²) >= 11 is 1.62. The molecule has 1 aromatic rings. The van der Waals surface area contributed by atoms with E-state index in [1.54, 1.807) is 23.9 Å². The van der Waals surface area contributed by atoms with Gasteiger partial charge in [0.05, 0.1) is 5.92 Å². The van der Waals surface area contributed by atoms with E-state index < -0.39 is 11.9 Å². The topological polar surface area (TPSA) is 66.4 Å². The van der Waals surface area contributed by atoms with Gasteiger partial charge in [-0.15, -0.1) is 11.8 Å². The second kappa shape index (κ2) is 6.79. The fraction of sp³-hybridized carbons (Fsp3) is 0.467. The lowest BCUT2D eigenvalue weighted by atomic mass is 9.84. The maximum atomic E-state index is 12.2. The van der Waals surface area contributed by atoms with Crippen LogP contribution in [0, 0.1) is 5.92 Å². The number of hydrogen-bond acceptors (Lipinski definition) is 3. The van der Waals surface area contributed by atoms with Gasteiger partial charge in [-0.3, -0.25) is 9.59 Å². The number of amides is 1. The molecule has 1 amide bonds. The van der Waals surface area contributed by atoms with Crippen LogP contribution >= 0.6 is 11.8 Å². The van der Waals surface area contributed by atoms with E-state index in [2.05, 4.69) is 5.32 Å². The van der Waals surface area contributed by atoms with E-state index in [1.165, 1.54) is 0 Å². The lowest BCUT2D eigenvalue weighted by molar-refractivity contribution is -0.143. The van der Waals surface area contributed by atoms with Gasteiger partial charge < -0.3 is 10.4 Å². The number of thioether (sulfide) groups is 1. The molecular weight excluding hydrogens is 274 g/mol. The number of nitrogens with one attached hydrogen (secondary N) is 1. The first-order valence-corrected chi connectivity index (χ1v) is 8.02. The van der Waals surface area contributed by atoms with Crippen LogP contribution in [0.3, 0.4) is 0 Å². The van der Waals surface area contributed by atoms with Gasteiger partial charge in [-0.1, -0.05) is 12.8 Å². The Morgan fingerprint density at radius 2 is 1.85 bits per heavy atom. The van der Waals surface area contributed by atoms with Crippen molar-refractivity contribution in [3.8, 4) is 0 Å². The highest BCUT2D eigenvalue weighted by Crippen LogP contribution is 2.25. The van der Waals surface area contributed by atoms with Crippen molar-refractivity contribution in [3.63, 3.8) is 0 Å². The fourth-order valence-corrected chi connectivity index (χ4v) is 3.00. The standard InChI is InChI=1S/C15H19NO3S/c1-20-11-8-6-10(7-9-11)14(17)16-13-5-3-2-4-12(13)15(18)19/h6-9,12-13H,2-5H2,1H3,(H,16,17)(H,18,19). The number of carboxylic acids is 1.